The van der Waals surface area contributed by atoms with Gasteiger partial charge in [-0.25, -0.2) is 0 Å². The van der Waals surface area contributed by atoms with Crippen molar-refractivity contribution in [3.05, 3.63) is 29.3 Å². The number of morpholine rings is 1. The van der Waals surface area contributed by atoms with Crippen LogP contribution in [0.2, 0.25) is 0 Å². The van der Waals surface area contributed by atoms with E-state index in [4.69, 9.17) is 10.5 Å². The summed E-state index contributed by atoms with van der Waals surface area (Å²) in [5.41, 5.74) is 4.12. The third-order valence-corrected chi connectivity index (χ3v) is 3.50. The zero-order chi connectivity index (χ0) is 15.8. The number of benzene rings is 1. The Kier molecular flexibility index (Phi) is 3.88. The fourth-order valence-corrected chi connectivity index (χ4v) is 2.30. The molecule has 1 saturated heterocycles. The van der Waals surface area contributed by atoms with Crippen LogP contribution in [0.3, 0.4) is 0 Å². The molecule has 1 aromatic rings. The van der Waals surface area contributed by atoms with E-state index in [2.05, 4.69) is 0 Å². The van der Waals surface area contributed by atoms with Crippen LogP contribution in [0.25, 0.3) is 0 Å². The molecule has 4 nitrogen and oxygen atoms in total. The second-order valence-corrected chi connectivity index (χ2v) is 5.62. The van der Waals surface area contributed by atoms with E-state index >= 15 is 0 Å². The minimum absolute atomic E-state index is 0.0373. The highest BCUT2D eigenvalue weighted by molar-refractivity contribution is 5.99. The van der Waals surface area contributed by atoms with Crippen molar-refractivity contribution in [2.24, 2.45) is 0 Å². The second-order valence-electron chi connectivity index (χ2n) is 5.62. The number of carbonyl (C=O) groups is 1. The summed E-state index contributed by atoms with van der Waals surface area (Å²) in [7, 11) is 0. The van der Waals surface area contributed by atoms with Gasteiger partial charge >= 0.3 is 6.18 Å². The molecular weight excluding hydrogens is 285 g/mol. The predicted octanol–water partition coefficient (Wildman–Crippen LogP) is 2.54. The molecule has 0 aliphatic carbocycles. The van der Waals surface area contributed by atoms with Crippen molar-refractivity contribution in [2.45, 2.75) is 25.6 Å². The number of nitrogen functional groups attached to an aromatic ring is 1. The lowest BCUT2D eigenvalue weighted by atomic mass is 9.99. The largest absolute Gasteiger partial charge is 0.416 e. The monoisotopic (exact) mass is 302 g/mol. The molecule has 1 aliphatic rings. The minimum atomic E-state index is -4.51. The van der Waals surface area contributed by atoms with Gasteiger partial charge in [0.25, 0.3) is 5.91 Å². The quantitative estimate of drug-likeness (QED) is 0.811. The van der Waals surface area contributed by atoms with Crippen molar-refractivity contribution >= 4 is 11.6 Å². The first-order valence-electron chi connectivity index (χ1n) is 6.49. The zero-order valence-electron chi connectivity index (χ0n) is 11.8. The van der Waals surface area contributed by atoms with E-state index in [0.717, 1.165) is 18.2 Å². The van der Waals surface area contributed by atoms with Crippen molar-refractivity contribution in [3.8, 4) is 0 Å². The standard InChI is InChI=1S/C14H17F3N2O2/c1-13(2)8-21-6-5-19(13)12(20)10-7-9(14(15,16)17)3-4-11(10)18/h3-4,7H,5-6,8,18H2,1-2H3. The minimum Gasteiger partial charge on any atom is -0.398 e. The molecule has 0 atom stereocenters. The molecule has 0 bridgehead atoms. The van der Waals surface area contributed by atoms with Gasteiger partial charge in [0, 0.05) is 12.2 Å². The average Bonchev–Trinajstić information content (AvgIpc) is 2.36. The van der Waals surface area contributed by atoms with E-state index < -0.39 is 23.2 Å². The Bertz CT molecular complexity index is 556. The number of alkyl halides is 3. The van der Waals surface area contributed by atoms with Crippen LogP contribution in [-0.2, 0) is 10.9 Å². The summed E-state index contributed by atoms with van der Waals surface area (Å²) in [5.74, 6) is -0.508. The normalized spacial score (nSPS) is 18.6. The molecule has 0 radical (unpaired) electrons. The van der Waals surface area contributed by atoms with E-state index in [-0.39, 0.29) is 11.3 Å². The number of hydrogen-bond acceptors (Lipinski definition) is 3. The Morgan fingerprint density at radius 2 is 2.05 bits per heavy atom. The van der Waals surface area contributed by atoms with Gasteiger partial charge in [0.2, 0.25) is 0 Å². The second kappa shape index (κ2) is 5.22. The van der Waals surface area contributed by atoms with Gasteiger partial charge in [-0.2, -0.15) is 13.2 Å². The molecule has 1 heterocycles. The van der Waals surface area contributed by atoms with E-state index in [0.29, 0.717) is 19.8 Å². The highest BCUT2D eigenvalue weighted by Crippen LogP contribution is 2.32. The molecule has 21 heavy (non-hydrogen) atoms. The zero-order valence-corrected chi connectivity index (χ0v) is 11.8. The molecular formula is C14H17F3N2O2. The summed E-state index contributed by atoms with van der Waals surface area (Å²) in [4.78, 5) is 14.0. The van der Waals surface area contributed by atoms with Gasteiger partial charge in [0.15, 0.2) is 0 Å². The molecule has 1 aromatic carbocycles. The smallest absolute Gasteiger partial charge is 0.398 e. The first kappa shape index (κ1) is 15.6. The SMILES string of the molecule is CC1(C)COCCN1C(=O)c1cc(C(F)(F)F)ccc1N. The number of nitrogens with two attached hydrogens (primary N) is 1. The number of hydrogen-bond donors (Lipinski definition) is 1. The number of carbonyl (C=O) groups excluding carboxylic acids is 1. The number of halogens is 3. The number of nitrogens with zero attached hydrogens (tertiary/aromatic N) is 1. The predicted molar refractivity (Wildman–Crippen MR) is 71.8 cm³/mol. The van der Waals surface area contributed by atoms with Gasteiger partial charge in [-0.1, -0.05) is 0 Å². The summed E-state index contributed by atoms with van der Waals surface area (Å²) in [5, 5.41) is 0. The number of rotatable bonds is 1. The molecule has 1 aliphatic heterocycles. The fourth-order valence-electron chi connectivity index (χ4n) is 2.30. The fraction of sp³-hybridized carbons (Fsp3) is 0.500. The summed E-state index contributed by atoms with van der Waals surface area (Å²) in [6, 6.07) is 2.79. The Morgan fingerprint density at radius 1 is 1.38 bits per heavy atom. The first-order chi connectivity index (χ1) is 9.63. The average molecular weight is 302 g/mol. The van der Waals surface area contributed by atoms with Crippen LogP contribution < -0.4 is 5.73 Å². The first-order valence-corrected chi connectivity index (χ1v) is 6.49. The van der Waals surface area contributed by atoms with Crippen LogP contribution in [0.4, 0.5) is 18.9 Å². The van der Waals surface area contributed by atoms with Crippen LogP contribution in [-0.4, -0.2) is 36.1 Å². The van der Waals surface area contributed by atoms with Gasteiger partial charge in [0.1, 0.15) is 0 Å². The van der Waals surface area contributed by atoms with E-state index in [1.807, 2.05) is 0 Å². The molecule has 0 aromatic heterocycles. The Labute approximate surface area is 120 Å². The Morgan fingerprint density at radius 3 is 2.62 bits per heavy atom. The molecule has 0 saturated carbocycles. The maximum atomic E-state index is 12.8. The highest BCUT2D eigenvalue weighted by atomic mass is 19.4. The van der Waals surface area contributed by atoms with Crippen molar-refractivity contribution in [2.75, 3.05) is 25.5 Å². The summed E-state index contributed by atoms with van der Waals surface area (Å²) in [6.07, 6.45) is -4.51. The van der Waals surface area contributed by atoms with Crippen LogP contribution in [0, 0.1) is 0 Å². The third-order valence-electron chi connectivity index (χ3n) is 3.50. The molecule has 116 valence electrons. The molecule has 1 fully saturated rings. The maximum Gasteiger partial charge on any atom is 0.416 e. The third kappa shape index (κ3) is 3.12. The van der Waals surface area contributed by atoms with Crippen molar-refractivity contribution < 1.29 is 22.7 Å². The summed E-state index contributed by atoms with van der Waals surface area (Å²) >= 11 is 0. The molecule has 2 rings (SSSR count). The lowest BCUT2D eigenvalue weighted by molar-refractivity contribution is -0.137. The van der Waals surface area contributed by atoms with Crippen LogP contribution >= 0.6 is 0 Å². The topological polar surface area (TPSA) is 55.6 Å². The highest BCUT2D eigenvalue weighted by Gasteiger charge is 2.37. The van der Waals surface area contributed by atoms with Gasteiger partial charge in [-0.3, -0.25) is 4.79 Å². The van der Waals surface area contributed by atoms with Crippen LogP contribution in [0.5, 0.6) is 0 Å². The summed E-state index contributed by atoms with van der Waals surface area (Å²) < 4.78 is 43.6. The number of amides is 1. The van der Waals surface area contributed by atoms with Gasteiger partial charge < -0.3 is 15.4 Å². The van der Waals surface area contributed by atoms with Gasteiger partial charge in [-0.15, -0.1) is 0 Å². The number of ether oxygens (including phenoxy) is 1. The Hall–Kier alpha value is -1.76. The molecule has 7 heteroatoms. The summed E-state index contributed by atoms with van der Waals surface area (Å²) in [6.45, 7) is 4.61. The lowest BCUT2D eigenvalue weighted by Gasteiger charge is -2.42. The molecule has 1 amide bonds. The van der Waals surface area contributed by atoms with Crippen LogP contribution in [0.15, 0.2) is 18.2 Å². The van der Waals surface area contributed by atoms with Crippen molar-refractivity contribution in [1.82, 2.24) is 4.90 Å². The molecule has 0 spiro atoms. The van der Waals surface area contributed by atoms with E-state index in [1.165, 1.54) is 4.90 Å². The van der Waals surface area contributed by atoms with Gasteiger partial charge in [0.05, 0.1) is 29.9 Å². The number of anilines is 1. The van der Waals surface area contributed by atoms with Gasteiger partial charge in [-0.05, 0) is 32.0 Å². The van der Waals surface area contributed by atoms with E-state index in [9.17, 15) is 18.0 Å². The van der Waals surface area contributed by atoms with E-state index in [1.54, 1.807) is 13.8 Å². The van der Waals surface area contributed by atoms with Crippen molar-refractivity contribution in [3.63, 3.8) is 0 Å². The molecule has 0 unspecified atom stereocenters. The Balaban J connectivity index is 2.39. The van der Waals surface area contributed by atoms with Crippen LogP contribution in [0.1, 0.15) is 29.8 Å². The van der Waals surface area contributed by atoms with Crippen molar-refractivity contribution in [1.29, 1.82) is 0 Å². The lowest BCUT2D eigenvalue weighted by Crippen LogP contribution is -2.55. The molecule has 2 N–H and O–H groups in total. The maximum absolute atomic E-state index is 12.8.